The van der Waals surface area contributed by atoms with E-state index in [1.54, 1.807) is 19.1 Å². The maximum Gasteiger partial charge on any atom is 0.338 e. The van der Waals surface area contributed by atoms with Crippen molar-refractivity contribution in [3.8, 4) is 11.3 Å². The first-order valence-electron chi connectivity index (χ1n) is 5.06. The Bertz CT molecular complexity index is 544. The number of rotatable bonds is 2. The monoisotopic (exact) mass is 234 g/mol. The number of aryl methyl sites for hydroxylation is 1. The van der Waals surface area contributed by atoms with Crippen molar-refractivity contribution < 1.29 is 18.3 Å². The van der Waals surface area contributed by atoms with Gasteiger partial charge in [-0.3, -0.25) is 0 Å². The van der Waals surface area contributed by atoms with E-state index in [2.05, 4.69) is 4.74 Å². The van der Waals surface area contributed by atoms with Crippen LogP contribution in [-0.2, 0) is 4.74 Å². The van der Waals surface area contributed by atoms with Crippen LogP contribution in [0.2, 0.25) is 0 Å². The normalized spacial score (nSPS) is 10.3. The fourth-order valence-corrected chi connectivity index (χ4v) is 1.60. The zero-order valence-corrected chi connectivity index (χ0v) is 9.49. The van der Waals surface area contributed by atoms with Crippen LogP contribution in [0.15, 0.2) is 34.9 Å². The van der Waals surface area contributed by atoms with Crippen molar-refractivity contribution in [1.82, 2.24) is 0 Å². The molecule has 0 spiro atoms. The fraction of sp³-hybridized carbons (Fsp3) is 0.154. The van der Waals surface area contributed by atoms with Gasteiger partial charge in [-0.2, -0.15) is 0 Å². The number of carbonyl (C=O) groups is 1. The second kappa shape index (κ2) is 4.41. The maximum atomic E-state index is 13.5. The summed E-state index contributed by atoms with van der Waals surface area (Å²) in [5.41, 5.74) is 1.08. The van der Waals surface area contributed by atoms with E-state index in [9.17, 15) is 9.18 Å². The minimum absolute atomic E-state index is 0.293. The highest BCUT2D eigenvalue weighted by atomic mass is 19.1. The van der Waals surface area contributed by atoms with Gasteiger partial charge >= 0.3 is 5.97 Å². The summed E-state index contributed by atoms with van der Waals surface area (Å²) in [6.45, 7) is 1.59. The molecule has 0 aliphatic carbocycles. The third-order valence-electron chi connectivity index (χ3n) is 2.49. The number of hydrogen-bond donors (Lipinski definition) is 0. The van der Waals surface area contributed by atoms with Gasteiger partial charge in [-0.05, 0) is 36.8 Å². The Morgan fingerprint density at radius 3 is 2.76 bits per heavy atom. The van der Waals surface area contributed by atoms with Crippen LogP contribution in [-0.4, -0.2) is 13.1 Å². The smallest absolute Gasteiger partial charge is 0.338 e. The topological polar surface area (TPSA) is 39.4 Å². The molecule has 3 nitrogen and oxygen atoms in total. The van der Waals surface area contributed by atoms with Gasteiger partial charge in [-0.15, -0.1) is 0 Å². The van der Waals surface area contributed by atoms with E-state index in [1.807, 2.05) is 0 Å². The van der Waals surface area contributed by atoms with Crippen molar-refractivity contribution in [1.29, 1.82) is 0 Å². The summed E-state index contributed by atoms with van der Waals surface area (Å²) in [4.78, 5) is 11.6. The highest BCUT2D eigenvalue weighted by molar-refractivity contribution is 5.96. The fourth-order valence-electron chi connectivity index (χ4n) is 1.60. The largest absolute Gasteiger partial charge is 0.465 e. The van der Waals surface area contributed by atoms with Crippen LogP contribution in [0.3, 0.4) is 0 Å². The first-order chi connectivity index (χ1) is 8.13. The zero-order chi connectivity index (χ0) is 12.4. The van der Waals surface area contributed by atoms with Gasteiger partial charge < -0.3 is 9.15 Å². The average molecular weight is 234 g/mol. The molecule has 0 atom stereocenters. The summed E-state index contributed by atoms with van der Waals surface area (Å²) in [5.74, 6) is -0.465. The molecule has 1 heterocycles. The van der Waals surface area contributed by atoms with Crippen LogP contribution in [0.1, 0.15) is 15.9 Å². The number of ether oxygens (including phenoxy) is 1. The minimum Gasteiger partial charge on any atom is -0.465 e. The predicted molar refractivity (Wildman–Crippen MR) is 60.2 cm³/mol. The van der Waals surface area contributed by atoms with Crippen LogP contribution in [0.25, 0.3) is 11.3 Å². The quantitative estimate of drug-likeness (QED) is 0.749. The van der Waals surface area contributed by atoms with Crippen LogP contribution < -0.4 is 0 Å². The summed E-state index contributed by atoms with van der Waals surface area (Å²) in [7, 11) is 1.28. The highest BCUT2D eigenvalue weighted by Crippen LogP contribution is 2.27. The third kappa shape index (κ3) is 2.06. The lowest BCUT2D eigenvalue weighted by Gasteiger charge is -2.07. The molecular formula is C13H11FO3. The number of furan rings is 1. The van der Waals surface area contributed by atoms with Crippen LogP contribution in [0, 0.1) is 12.7 Å². The van der Waals surface area contributed by atoms with E-state index in [0.29, 0.717) is 22.5 Å². The van der Waals surface area contributed by atoms with Gasteiger partial charge in [0, 0.05) is 5.56 Å². The van der Waals surface area contributed by atoms with Gasteiger partial charge in [0.25, 0.3) is 0 Å². The van der Waals surface area contributed by atoms with E-state index in [1.165, 1.54) is 25.5 Å². The second-order valence-electron chi connectivity index (χ2n) is 3.62. The first kappa shape index (κ1) is 11.4. The Morgan fingerprint density at radius 1 is 1.41 bits per heavy atom. The standard InChI is InChI=1S/C13H11FO3/c1-8-6-10(13(15)16-2)9(7-11(8)14)12-4-3-5-17-12/h3-7H,1-2H3. The first-order valence-corrected chi connectivity index (χ1v) is 5.06. The summed E-state index contributed by atoms with van der Waals surface area (Å²) >= 11 is 0. The van der Waals surface area contributed by atoms with Crippen LogP contribution in [0.4, 0.5) is 4.39 Å². The molecule has 88 valence electrons. The lowest BCUT2D eigenvalue weighted by Crippen LogP contribution is -2.05. The summed E-state index contributed by atoms with van der Waals surface area (Å²) in [6.07, 6.45) is 1.47. The molecule has 0 radical (unpaired) electrons. The average Bonchev–Trinajstić information content (AvgIpc) is 2.84. The van der Waals surface area contributed by atoms with Crippen molar-refractivity contribution in [2.24, 2.45) is 0 Å². The number of carbonyl (C=O) groups excluding carboxylic acids is 1. The van der Waals surface area contributed by atoms with Crippen molar-refractivity contribution in [3.63, 3.8) is 0 Å². The van der Waals surface area contributed by atoms with Crippen molar-refractivity contribution >= 4 is 5.97 Å². The lowest BCUT2D eigenvalue weighted by molar-refractivity contribution is 0.0601. The predicted octanol–water partition coefficient (Wildman–Crippen LogP) is 3.18. The molecule has 0 amide bonds. The number of esters is 1. The van der Waals surface area contributed by atoms with E-state index in [0.717, 1.165) is 0 Å². The van der Waals surface area contributed by atoms with Gasteiger partial charge in [-0.25, -0.2) is 9.18 Å². The molecule has 17 heavy (non-hydrogen) atoms. The van der Waals surface area contributed by atoms with Gasteiger partial charge in [0.1, 0.15) is 11.6 Å². The van der Waals surface area contributed by atoms with E-state index < -0.39 is 5.97 Å². The second-order valence-corrected chi connectivity index (χ2v) is 3.62. The van der Waals surface area contributed by atoms with Crippen molar-refractivity contribution in [2.45, 2.75) is 6.92 Å². The van der Waals surface area contributed by atoms with E-state index in [-0.39, 0.29) is 5.82 Å². The molecule has 2 aromatic rings. The Balaban J connectivity index is 2.64. The van der Waals surface area contributed by atoms with Gasteiger partial charge in [-0.1, -0.05) is 0 Å². The number of benzene rings is 1. The third-order valence-corrected chi connectivity index (χ3v) is 2.49. The zero-order valence-electron chi connectivity index (χ0n) is 9.49. The van der Waals surface area contributed by atoms with Crippen molar-refractivity contribution in [3.05, 3.63) is 47.5 Å². The molecule has 0 saturated heterocycles. The Morgan fingerprint density at radius 2 is 2.18 bits per heavy atom. The summed E-state index contributed by atoms with van der Waals surface area (Å²) in [6, 6.07) is 6.07. The van der Waals surface area contributed by atoms with E-state index in [4.69, 9.17) is 4.42 Å². The number of methoxy groups -OCH3 is 1. The summed E-state index contributed by atoms with van der Waals surface area (Å²) in [5, 5.41) is 0. The molecule has 0 aliphatic heterocycles. The molecule has 0 bridgehead atoms. The van der Waals surface area contributed by atoms with Crippen molar-refractivity contribution in [2.75, 3.05) is 7.11 Å². The maximum absolute atomic E-state index is 13.5. The molecule has 0 N–H and O–H groups in total. The van der Waals surface area contributed by atoms with E-state index >= 15 is 0 Å². The van der Waals surface area contributed by atoms with Gasteiger partial charge in [0.2, 0.25) is 0 Å². The Kier molecular flexibility index (Phi) is 2.95. The molecular weight excluding hydrogens is 223 g/mol. The molecule has 2 rings (SSSR count). The molecule has 0 aliphatic rings. The molecule has 1 aromatic carbocycles. The Hall–Kier alpha value is -2.10. The van der Waals surface area contributed by atoms with Gasteiger partial charge in [0.15, 0.2) is 0 Å². The highest BCUT2D eigenvalue weighted by Gasteiger charge is 2.17. The number of hydrogen-bond acceptors (Lipinski definition) is 3. The number of halogens is 1. The Labute approximate surface area is 97.8 Å². The minimum atomic E-state index is -0.514. The SMILES string of the molecule is COC(=O)c1cc(C)c(F)cc1-c1ccco1. The van der Waals surface area contributed by atoms with Gasteiger partial charge in [0.05, 0.1) is 18.9 Å². The molecule has 1 aromatic heterocycles. The van der Waals surface area contributed by atoms with Crippen LogP contribution >= 0.6 is 0 Å². The molecule has 0 unspecified atom stereocenters. The molecule has 0 fully saturated rings. The summed E-state index contributed by atoms with van der Waals surface area (Å²) < 4.78 is 23.4. The lowest BCUT2D eigenvalue weighted by atomic mass is 10.0. The molecule has 4 heteroatoms. The van der Waals surface area contributed by atoms with Crippen LogP contribution in [0.5, 0.6) is 0 Å². The molecule has 0 saturated carbocycles.